The van der Waals surface area contributed by atoms with E-state index in [-0.39, 0.29) is 25.1 Å². The molecule has 32 heavy (non-hydrogen) atoms. The normalized spacial score (nSPS) is 23.6. The number of carbonyl (C=O) groups is 2. The van der Waals surface area contributed by atoms with E-state index < -0.39 is 61.3 Å². The smallest absolute Gasteiger partial charge is 0.434 e. The second-order valence-electron chi connectivity index (χ2n) is 7.23. The molecule has 180 valence electrons. The van der Waals surface area contributed by atoms with Gasteiger partial charge >= 0.3 is 12.1 Å². The van der Waals surface area contributed by atoms with Gasteiger partial charge in [-0.3, -0.25) is 9.78 Å². The average molecular weight is 466 g/mol. The Morgan fingerprint density at radius 3 is 2.62 bits per heavy atom. The quantitative estimate of drug-likeness (QED) is 0.350. The first kappa shape index (κ1) is 25.7. The van der Waals surface area contributed by atoms with Crippen molar-refractivity contribution in [2.45, 2.75) is 50.5 Å². The highest BCUT2D eigenvalue weighted by Crippen LogP contribution is 2.28. The number of ether oxygens (including phenoxy) is 3. The van der Waals surface area contributed by atoms with E-state index in [9.17, 15) is 33.0 Å². The van der Waals surface area contributed by atoms with Gasteiger partial charge in [-0.05, 0) is 13.8 Å². The van der Waals surface area contributed by atoms with E-state index in [0.717, 1.165) is 6.20 Å². The van der Waals surface area contributed by atoms with Crippen LogP contribution >= 0.6 is 0 Å². The van der Waals surface area contributed by atoms with Gasteiger partial charge in [0.1, 0.15) is 37.3 Å². The predicted octanol–water partition coefficient (Wildman–Crippen LogP) is -0.519. The molecule has 2 heterocycles. The van der Waals surface area contributed by atoms with Gasteiger partial charge in [0.2, 0.25) is 5.91 Å². The van der Waals surface area contributed by atoms with Gasteiger partial charge in [-0.1, -0.05) is 0 Å². The first-order valence-electron chi connectivity index (χ1n) is 9.64. The molecule has 0 aliphatic carbocycles. The molecule has 0 bridgehead atoms. The molecule has 1 aromatic heterocycles. The third-order valence-corrected chi connectivity index (χ3v) is 4.21. The number of anilines is 1. The van der Waals surface area contributed by atoms with E-state index in [1.807, 2.05) is 0 Å². The van der Waals surface area contributed by atoms with E-state index >= 15 is 0 Å². The van der Waals surface area contributed by atoms with Gasteiger partial charge in [-0.25, -0.2) is 9.78 Å². The van der Waals surface area contributed by atoms with Crippen molar-refractivity contribution in [3.05, 3.63) is 18.1 Å². The summed E-state index contributed by atoms with van der Waals surface area (Å²) in [6.07, 6.45) is -7.26. The van der Waals surface area contributed by atoms with E-state index in [1.54, 1.807) is 13.8 Å². The number of nitrogens with one attached hydrogen (secondary N) is 2. The predicted molar refractivity (Wildman–Crippen MR) is 101 cm³/mol. The highest BCUT2D eigenvalue weighted by Gasteiger charge is 2.39. The fourth-order valence-corrected chi connectivity index (χ4v) is 2.74. The number of amides is 1. The lowest BCUT2D eigenvalue weighted by molar-refractivity contribution is -0.154. The summed E-state index contributed by atoms with van der Waals surface area (Å²) in [7, 11) is 0. The van der Waals surface area contributed by atoms with Gasteiger partial charge in [0.05, 0.1) is 31.1 Å². The first-order valence-corrected chi connectivity index (χ1v) is 9.64. The van der Waals surface area contributed by atoms with Gasteiger partial charge in [0, 0.05) is 6.54 Å². The fraction of sp³-hybridized carbons (Fsp3) is 0.667. The highest BCUT2D eigenvalue weighted by molar-refractivity contribution is 5.78. The summed E-state index contributed by atoms with van der Waals surface area (Å²) in [5.74, 6) is -1.46. The summed E-state index contributed by atoms with van der Waals surface area (Å²) in [5, 5.41) is 25.5. The fourth-order valence-electron chi connectivity index (χ4n) is 2.74. The van der Waals surface area contributed by atoms with E-state index in [2.05, 4.69) is 20.6 Å². The lowest BCUT2D eigenvalue weighted by Gasteiger charge is -2.38. The number of alkyl halides is 3. The minimum absolute atomic E-state index is 0.174. The number of aromatic nitrogens is 2. The number of hydrogen-bond donors (Lipinski definition) is 4. The molecule has 1 aromatic rings. The molecule has 0 radical (unpaired) electrons. The van der Waals surface area contributed by atoms with Crippen LogP contribution in [0.2, 0.25) is 0 Å². The summed E-state index contributed by atoms with van der Waals surface area (Å²) in [6.45, 7) is 2.14. The highest BCUT2D eigenvalue weighted by atomic mass is 19.4. The summed E-state index contributed by atoms with van der Waals surface area (Å²) in [6, 6.07) is -0.968. The summed E-state index contributed by atoms with van der Waals surface area (Å²) in [4.78, 5) is 29.9. The third kappa shape index (κ3) is 7.85. The molecule has 0 spiro atoms. The molecular weight excluding hydrogens is 441 g/mol. The number of aliphatic hydroxyl groups excluding tert-OH is 2. The molecule has 1 aliphatic rings. The second-order valence-corrected chi connectivity index (χ2v) is 7.23. The lowest BCUT2D eigenvalue weighted by atomic mass is 9.98. The minimum Gasteiger partial charge on any atom is -0.461 e. The SMILES string of the molecule is CC(C)OC(=O)COCC(=O)NC[C@H]1OC[C@H](Nc2cncc(C(F)(F)F)n2)[C@@H](O)[C@H]1O. The van der Waals surface area contributed by atoms with E-state index in [1.165, 1.54) is 0 Å². The molecule has 1 amide bonds. The molecule has 2 rings (SSSR count). The van der Waals surface area contributed by atoms with Crippen molar-refractivity contribution in [2.75, 3.05) is 31.7 Å². The van der Waals surface area contributed by atoms with Gasteiger partial charge < -0.3 is 35.1 Å². The Bertz CT molecular complexity index is 781. The molecule has 1 fully saturated rings. The summed E-state index contributed by atoms with van der Waals surface area (Å²) < 4.78 is 53.4. The van der Waals surface area contributed by atoms with Gasteiger partial charge in [0.15, 0.2) is 5.69 Å². The van der Waals surface area contributed by atoms with Crippen LogP contribution < -0.4 is 10.6 Å². The Morgan fingerprint density at radius 2 is 1.97 bits per heavy atom. The standard InChI is InChI=1S/C18H25F3N4O7/c1-9(2)32-15(27)8-30-7-14(26)23-3-11-17(29)16(28)10(6-31-11)24-13-5-22-4-12(25-13)18(19,20)21/h4-5,9-11,16-17,28-29H,3,6-8H2,1-2H3,(H,23,26)(H,24,25)/t10-,11+,16+,17-/m0/s1. The van der Waals surface area contributed by atoms with Crippen LogP contribution in [0.15, 0.2) is 12.4 Å². The number of halogens is 3. The zero-order valence-corrected chi connectivity index (χ0v) is 17.3. The van der Waals surface area contributed by atoms with Crippen molar-refractivity contribution in [3.63, 3.8) is 0 Å². The van der Waals surface area contributed by atoms with Crippen LogP contribution in [0.3, 0.4) is 0 Å². The van der Waals surface area contributed by atoms with Gasteiger partial charge in [-0.15, -0.1) is 0 Å². The summed E-state index contributed by atoms with van der Waals surface area (Å²) in [5.41, 5.74) is -1.21. The Balaban J connectivity index is 1.78. The van der Waals surface area contributed by atoms with Gasteiger partial charge in [-0.2, -0.15) is 13.2 Å². The van der Waals surface area contributed by atoms with E-state index in [4.69, 9.17) is 14.2 Å². The molecule has 1 saturated heterocycles. The average Bonchev–Trinajstić information content (AvgIpc) is 2.70. The zero-order chi connectivity index (χ0) is 23.9. The van der Waals surface area contributed by atoms with Crippen molar-refractivity contribution in [2.24, 2.45) is 0 Å². The maximum atomic E-state index is 12.7. The number of hydrogen-bond acceptors (Lipinski definition) is 10. The van der Waals surface area contributed by atoms with Crippen LogP contribution in [0.4, 0.5) is 19.0 Å². The maximum Gasteiger partial charge on any atom is 0.434 e. The molecule has 11 nitrogen and oxygen atoms in total. The first-order chi connectivity index (χ1) is 15.0. The van der Waals surface area contributed by atoms with Crippen molar-refractivity contribution in [1.82, 2.24) is 15.3 Å². The lowest BCUT2D eigenvalue weighted by Crippen LogP contribution is -2.58. The van der Waals surface area contributed by atoms with Crippen LogP contribution in [0.1, 0.15) is 19.5 Å². The Morgan fingerprint density at radius 1 is 1.25 bits per heavy atom. The molecule has 0 aromatic carbocycles. The second kappa shape index (κ2) is 11.4. The van der Waals surface area contributed by atoms with Crippen LogP contribution in [0.25, 0.3) is 0 Å². The van der Waals surface area contributed by atoms with Gasteiger partial charge in [0.25, 0.3) is 0 Å². The number of esters is 1. The number of nitrogens with zero attached hydrogens (tertiary/aromatic N) is 2. The molecule has 0 saturated carbocycles. The van der Waals surface area contributed by atoms with Crippen LogP contribution in [-0.4, -0.2) is 88.9 Å². The zero-order valence-electron chi connectivity index (χ0n) is 17.3. The Kier molecular flexibility index (Phi) is 9.12. The molecule has 4 N–H and O–H groups in total. The van der Waals surface area contributed by atoms with Crippen molar-refractivity contribution < 1.29 is 47.2 Å². The number of rotatable bonds is 9. The largest absolute Gasteiger partial charge is 0.461 e. The van der Waals surface area contributed by atoms with Crippen LogP contribution in [-0.2, 0) is 30.0 Å². The minimum atomic E-state index is -4.69. The molecule has 0 unspecified atom stereocenters. The maximum absolute atomic E-state index is 12.7. The summed E-state index contributed by atoms with van der Waals surface area (Å²) >= 11 is 0. The molecule has 14 heteroatoms. The Labute approximate surface area is 181 Å². The van der Waals surface area contributed by atoms with Crippen molar-refractivity contribution in [1.29, 1.82) is 0 Å². The third-order valence-electron chi connectivity index (χ3n) is 4.21. The van der Waals surface area contributed by atoms with E-state index in [0.29, 0.717) is 6.20 Å². The molecule has 4 atom stereocenters. The molecule has 1 aliphatic heterocycles. The topological polar surface area (TPSA) is 152 Å². The monoisotopic (exact) mass is 466 g/mol. The molecular formula is C18H25F3N4O7. The van der Waals surface area contributed by atoms with Crippen molar-refractivity contribution in [3.8, 4) is 0 Å². The Hall–Kier alpha value is -2.55. The van der Waals surface area contributed by atoms with Crippen LogP contribution in [0, 0.1) is 0 Å². The van der Waals surface area contributed by atoms with Crippen LogP contribution in [0.5, 0.6) is 0 Å². The number of aliphatic hydroxyl groups is 2. The number of carbonyl (C=O) groups excluding carboxylic acids is 2. The van der Waals surface area contributed by atoms with Crippen molar-refractivity contribution >= 4 is 17.7 Å².